The molecule has 0 bridgehead atoms. The first kappa shape index (κ1) is 17.7. The third-order valence-corrected chi connectivity index (χ3v) is 4.31. The van der Waals surface area contributed by atoms with Gasteiger partial charge in [0.2, 0.25) is 0 Å². The normalized spacial score (nSPS) is 10.6. The van der Waals surface area contributed by atoms with E-state index in [2.05, 4.69) is 16.4 Å². The third kappa shape index (κ3) is 3.44. The number of carbonyl (C=O) groups is 1. The molecule has 0 atom stereocenters. The van der Waals surface area contributed by atoms with Gasteiger partial charge in [-0.1, -0.05) is 18.2 Å². The Morgan fingerprint density at radius 2 is 1.69 bits per heavy atom. The number of para-hydroxylation sites is 1. The van der Waals surface area contributed by atoms with Gasteiger partial charge in [0, 0.05) is 35.8 Å². The van der Waals surface area contributed by atoms with E-state index in [9.17, 15) is 4.79 Å². The Balaban J connectivity index is 1.72. The summed E-state index contributed by atoms with van der Waals surface area (Å²) in [6.45, 7) is 0.512. The lowest BCUT2D eigenvalue weighted by Gasteiger charge is -2.14. The summed E-state index contributed by atoms with van der Waals surface area (Å²) < 4.78 is 15.8. The van der Waals surface area contributed by atoms with Gasteiger partial charge in [-0.25, -0.2) is 0 Å². The molecule has 0 unspecified atom stereocenters. The predicted molar refractivity (Wildman–Crippen MR) is 100 cm³/mol. The Morgan fingerprint density at radius 1 is 1.00 bits per heavy atom. The number of aromatic nitrogens is 1. The predicted octanol–water partition coefficient (Wildman–Crippen LogP) is 3.17. The van der Waals surface area contributed by atoms with Gasteiger partial charge in [-0.05, 0) is 18.1 Å². The van der Waals surface area contributed by atoms with Crippen molar-refractivity contribution >= 4 is 16.8 Å². The van der Waals surface area contributed by atoms with Gasteiger partial charge in [-0.2, -0.15) is 0 Å². The number of H-pyrrole nitrogens is 1. The van der Waals surface area contributed by atoms with Gasteiger partial charge in [0.1, 0.15) is 5.75 Å². The molecule has 6 heteroatoms. The quantitative estimate of drug-likeness (QED) is 0.684. The molecule has 1 aromatic heterocycles. The number of amides is 1. The number of rotatable bonds is 7. The smallest absolute Gasteiger partial charge is 0.255 e. The topological polar surface area (TPSA) is 72.6 Å². The monoisotopic (exact) mass is 354 g/mol. The van der Waals surface area contributed by atoms with Gasteiger partial charge in [-0.3, -0.25) is 4.79 Å². The van der Waals surface area contributed by atoms with Crippen LogP contribution in [0.4, 0.5) is 0 Å². The third-order valence-electron chi connectivity index (χ3n) is 4.31. The SMILES string of the molecule is COc1cc(OC)c(C(=O)NCCc2c[nH]c3ccccc23)cc1OC. The molecule has 26 heavy (non-hydrogen) atoms. The molecule has 0 saturated carbocycles. The fourth-order valence-electron chi connectivity index (χ4n) is 2.95. The second kappa shape index (κ2) is 7.82. The Hall–Kier alpha value is -3.15. The first-order chi connectivity index (χ1) is 12.7. The van der Waals surface area contributed by atoms with Crippen molar-refractivity contribution < 1.29 is 19.0 Å². The average Bonchev–Trinajstić information content (AvgIpc) is 3.10. The highest BCUT2D eigenvalue weighted by molar-refractivity contribution is 5.97. The number of benzene rings is 2. The summed E-state index contributed by atoms with van der Waals surface area (Å²) in [7, 11) is 4.59. The van der Waals surface area contributed by atoms with Gasteiger partial charge in [-0.15, -0.1) is 0 Å². The van der Waals surface area contributed by atoms with Gasteiger partial charge in [0.15, 0.2) is 11.5 Å². The highest BCUT2D eigenvalue weighted by atomic mass is 16.5. The van der Waals surface area contributed by atoms with Crippen molar-refractivity contribution in [3.05, 3.63) is 53.7 Å². The summed E-state index contributed by atoms with van der Waals surface area (Å²) in [5, 5.41) is 4.11. The molecule has 3 rings (SSSR count). The van der Waals surface area contributed by atoms with Crippen molar-refractivity contribution in [2.24, 2.45) is 0 Å². The Morgan fingerprint density at radius 3 is 2.42 bits per heavy atom. The van der Waals surface area contributed by atoms with E-state index < -0.39 is 0 Å². The van der Waals surface area contributed by atoms with E-state index in [0.717, 1.165) is 11.9 Å². The maximum absolute atomic E-state index is 12.6. The molecule has 2 aromatic carbocycles. The fourth-order valence-corrected chi connectivity index (χ4v) is 2.95. The van der Waals surface area contributed by atoms with E-state index >= 15 is 0 Å². The minimum Gasteiger partial charge on any atom is -0.496 e. The number of carbonyl (C=O) groups excluding carboxylic acids is 1. The number of aromatic amines is 1. The first-order valence-electron chi connectivity index (χ1n) is 8.31. The maximum Gasteiger partial charge on any atom is 0.255 e. The number of fused-ring (bicyclic) bond motifs is 1. The molecule has 1 amide bonds. The van der Waals surface area contributed by atoms with E-state index in [1.54, 1.807) is 12.1 Å². The molecule has 1 heterocycles. The second-order valence-electron chi connectivity index (χ2n) is 5.77. The van der Waals surface area contributed by atoms with Crippen LogP contribution >= 0.6 is 0 Å². The zero-order valence-electron chi connectivity index (χ0n) is 15.1. The van der Waals surface area contributed by atoms with Crippen molar-refractivity contribution in [1.29, 1.82) is 0 Å². The van der Waals surface area contributed by atoms with Crippen molar-refractivity contribution in [2.45, 2.75) is 6.42 Å². The van der Waals surface area contributed by atoms with Crippen LogP contribution in [0.3, 0.4) is 0 Å². The molecule has 6 nitrogen and oxygen atoms in total. The van der Waals surface area contributed by atoms with E-state index in [0.29, 0.717) is 29.4 Å². The van der Waals surface area contributed by atoms with Crippen LogP contribution in [-0.2, 0) is 6.42 Å². The molecule has 0 radical (unpaired) electrons. The lowest BCUT2D eigenvalue weighted by Crippen LogP contribution is -2.26. The summed E-state index contributed by atoms with van der Waals surface area (Å²) >= 11 is 0. The number of methoxy groups -OCH3 is 3. The molecular weight excluding hydrogens is 332 g/mol. The number of hydrogen-bond donors (Lipinski definition) is 2. The van der Waals surface area contributed by atoms with Gasteiger partial charge in [0.05, 0.1) is 26.9 Å². The Labute approximate surface area is 152 Å². The molecule has 3 aromatic rings. The highest BCUT2D eigenvalue weighted by Gasteiger charge is 2.17. The van der Waals surface area contributed by atoms with Crippen molar-refractivity contribution in [3.63, 3.8) is 0 Å². The van der Waals surface area contributed by atoms with Gasteiger partial charge >= 0.3 is 0 Å². The molecular formula is C20H22N2O4. The van der Waals surface area contributed by atoms with Gasteiger partial charge < -0.3 is 24.5 Å². The van der Waals surface area contributed by atoms with Crippen molar-refractivity contribution in [2.75, 3.05) is 27.9 Å². The summed E-state index contributed by atoms with van der Waals surface area (Å²) in [6, 6.07) is 11.4. The minimum atomic E-state index is -0.220. The first-order valence-corrected chi connectivity index (χ1v) is 8.31. The van der Waals surface area contributed by atoms with E-state index in [1.807, 2.05) is 24.4 Å². The summed E-state index contributed by atoms with van der Waals surface area (Å²) in [5.41, 5.74) is 2.67. The van der Waals surface area contributed by atoms with Gasteiger partial charge in [0.25, 0.3) is 5.91 Å². The lowest BCUT2D eigenvalue weighted by molar-refractivity contribution is 0.0950. The number of nitrogens with one attached hydrogen (secondary N) is 2. The lowest BCUT2D eigenvalue weighted by atomic mass is 10.1. The largest absolute Gasteiger partial charge is 0.496 e. The van der Waals surface area contributed by atoms with Crippen LogP contribution in [0.1, 0.15) is 15.9 Å². The molecule has 0 fully saturated rings. The Bertz CT molecular complexity index is 917. The zero-order valence-corrected chi connectivity index (χ0v) is 15.1. The van der Waals surface area contributed by atoms with Crippen LogP contribution in [0, 0.1) is 0 Å². The fraction of sp³-hybridized carbons (Fsp3) is 0.250. The molecule has 0 spiro atoms. The van der Waals surface area contributed by atoms with E-state index in [4.69, 9.17) is 14.2 Å². The number of hydrogen-bond acceptors (Lipinski definition) is 4. The van der Waals surface area contributed by atoms with Crippen molar-refractivity contribution in [3.8, 4) is 17.2 Å². The van der Waals surface area contributed by atoms with Crippen LogP contribution in [0.15, 0.2) is 42.6 Å². The summed E-state index contributed by atoms with van der Waals surface area (Å²) in [4.78, 5) is 15.8. The number of ether oxygens (including phenoxy) is 3. The van der Waals surface area contributed by atoms with Crippen LogP contribution in [0.25, 0.3) is 10.9 Å². The summed E-state index contributed by atoms with van der Waals surface area (Å²) in [5.74, 6) is 1.21. The zero-order chi connectivity index (χ0) is 18.5. The van der Waals surface area contributed by atoms with Crippen LogP contribution in [0.2, 0.25) is 0 Å². The van der Waals surface area contributed by atoms with E-state index in [-0.39, 0.29) is 5.91 Å². The molecule has 2 N–H and O–H groups in total. The second-order valence-corrected chi connectivity index (χ2v) is 5.77. The molecule has 0 saturated heterocycles. The molecule has 0 aliphatic heterocycles. The molecule has 0 aliphatic rings. The molecule has 0 aliphatic carbocycles. The standard InChI is InChI=1S/C20H22N2O4/c1-24-17-11-19(26-3)18(25-2)10-15(17)20(23)21-9-8-13-12-22-16-7-5-4-6-14(13)16/h4-7,10-12,22H,8-9H2,1-3H3,(H,21,23). The minimum absolute atomic E-state index is 0.220. The molecule has 136 valence electrons. The van der Waals surface area contributed by atoms with Crippen LogP contribution in [-0.4, -0.2) is 38.8 Å². The average molecular weight is 354 g/mol. The maximum atomic E-state index is 12.6. The highest BCUT2D eigenvalue weighted by Crippen LogP contribution is 2.34. The summed E-state index contributed by atoms with van der Waals surface area (Å²) in [6.07, 6.45) is 2.71. The van der Waals surface area contributed by atoms with Crippen LogP contribution in [0.5, 0.6) is 17.2 Å². The van der Waals surface area contributed by atoms with Crippen LogP contribution < -0.4 is 19.5 Å². The van der Waals surface area contributed by atoms with E-state index in [1.165, 1.54) is 32.3 Å². The van der Waals surface area contributed by atoms with Crippen molar-refractivity contribution in [1.82, 2.24) is 10.3 Å². The Kier molecular flexibility index (Phi) is 5.31.